The normalized spacial score (nSPS) is 20.1. The van der Waals surface area contributed by atoms with Gasteiger partial charge in [0.1, 0.15) is 12.4 Å². The van der Waals surface area contributed by atoms with Gasteiger partial charge in [0.05, 0.1) is 12.8 Å². The Kier molecular flexibility index (Phi) is 8.04. The third-order valence-electron chi connectivity index (χ3n) is 7.86. The first-order valence-corrected chi connectivity index (χ1v) is 15.5. The fraction of sp³-hybridized carbons (Fsp3) is 0.517. The fourth-order valence-electron chi connectivity index (χ4n) is 5.45. The van der Waals surface area contributed by atoms with Crippen LogP contribution in [0.2, 0.25) is 0 Å². The van der Waals surface area contributed by atoms with Gasteiger partial charge < -0.3 is 15.0 Å². The first-order valence-electron chi connectivity index (χ1n) is 13.6. The Hall–Kier alpha value is -2.91. The standard InChI is InChI=1S/C29H37N3O5S/c1-38(35,36)32-12-9-21(10-13-32)19-28(33)31-14-11-30-29(34)25-4-2-3-22(17-25)18-26-20-24(23-5-6-23)7-8-27(26)37-16-15-31/h2-4,7-8,17,20-21,23H,5-6,9-16,18-19H2,1H3,(H,30,34). The van der Waals surface area contributed by atoms with Gasteiger partial charge in [-0.25, -0.2) is 12.7 Å². The molecular weight excluding hydrogens is 502 g/mol. The molecule has 2 bridgehead atoms. The first kappa shape index (κ1) is 26.7. The van der Waals surface area contributed by atoms with Gasteiger partial charge in [0.25, 0.3) is 5.91 Å². The van der Waals surface area contributed by atoms with Crippen LogP contribution in [0.4, 0.5) is 0 Å². The van der Waals surface area contributed by atoms with E-state index in [0.29, 0.717) is 76.5 Å². The van der Waals surface area contributed by atoms with Crippen molar-refractivity contribution in [1.29, 1.82) is 0 Å². The van der Waals surface area contributed by atoms with E-state index >= 15 is 0 Å². The van der Waals surface area contributed by atoms with Crippen LogP contribution in [0.1, 0.15) is 65.1 Å². The molecule has 3 aliphatic rings. The summed E-state index contributed by atoms with van der Waals surface area (Å²) in [7, 11) is -3.20. The lowest BCUT2D eigenvalue weighted by atomic mass is 9.94. The van der Waals surface area contributed by atoms with Crippen molar-refractivity contribution >= 4 is 21.8 Å². The molecule has 38 heavy (non-hydrogen) atoms. The predicted octanol–water partition coefficient (Wildman–Crippen LogP) is 3.17. The lowest BCUT2D eigenvalue weighted by molar-refractivity contribution is -0.132. The summed E-state index contributed by atoms with van der Waals surface area (Å²) in [6.45, 7) is 2.43. The van der Waals surface area contributed by atoms with Gasteiger partial charge in [0, 0.05) is 44.6 Å². The van der Waals surface area contributed by atoms with E-state index in [0.717, 1.165) is 16.9 Å². The quantitative estimate of drug-likeness (QED) is 0.644. The van der Waals surface area contributed by atoms with Crippen LogP contribution < -0.4 is 10.1 Å². The van der Waals surface area contributed by atoms with Gasteiger partial charge in [-0.15, -0.1) is 0 Å². The van der Waals surface area contributed by atoms with Crippen molar-refractivity contribution in [1.82, 2.24) is 14.5 Å². The highest BCUT2D eigenvalue weighted by atomic mass is 32.2. The highest BCUT2D eigenvalue weighted by Crippen LogP contribution is 2.41. The molecule has 1 saturated carbocycles. The van der Waals surface area contributed by atoms with Gasteiger partial charge in [0.15, 0.2) is 0 Å². The molecule has 2 amide bonds. The van der Waals surface area contributed by atoms with Crippen LogP contribution in [0.25, 0.3) is 0 Å². The number of hydrogen-bond donors (Lipinski definition) is 1. The van der Waals surface area contributed by atoms with Crippen LogP contribution in [0.15, 0.2) is 42.5 Å². The number of benzene rings is 2. The van der Waals surface area contributed by atoms with Gasteiger partial charge in [-0.05, 0) is 72.4 Å². The van der Waals surface area contributed by atoms with Gasteiger partial charge >= 0.3 is 0 Å². The molecule has 2 heterocycles. The Balaban J connectivity index is 1.30. The summed E-state index contributed by atoms with van der Waals surface area (Å²) in [5, 5.41) is 2.96. The molecule has 0 atom stereocenters. The second-order valence-electron chi connectivity index (χ2n) is 10.8. The molecule has 2 aromatic rings. The van der Waals surface area contributed by atoms with Crippen molar-refractivity contribution in [2.45, 2.75) is 44.4 Å². The summed E-state index contributed by atoms with van der Waals surface area (Å²) in [5.74, 6) is 1.46. The van der Waals surface area contributed by atoms with E-state index < -0.39 is 10.0 Å². The molecule has 2 aromatic carbocycles. The summed E-state index contributed by atoms with van der Waals surface area (Å²) < 4.78 is 31.4. The van der Waals surface area contributed by atoms with Crippen molar-refractivity contribution in [3.8, 4) is 5.75 Å². The molecule has 1 N–H and O–H groups in total. The number of ether oxygens (including phenoxy) is 1. The molecule has 2 aliphatic heterocycles. The Labute approximate surface area is 225 Å². The molecule has 2 fully saturated rings. The maximum Gasteiger partial charge on any atom is 0.251 e. The minimum Gasteiger partial charge on any atom is -0.491 e. The lowest BCUT2D eigenvalue weighted by Crippen LogP contribution is -2.43. The number of rotatable bonds is 4. The molecular formula is C29H37N3O5S. The number of carbonyl (C=O) groups is 2. The van der Waals surface area contributed by atoms with Crippen LogP contribution in [0, 0.1) is 5.92 Å². The molecule has 0 spiro atoms. The van der Waals surface area contributed by atoms with Gasteiger partial charge in [-0.2, -0.15) is 0 Å². The van der Waals surface area contributed by atoms with Crippen LogP contribution in [0.5, 0.6) is 5.75 Å². The summed E-state index contributed by atoms with van der Waals surface area (Å²) in [6, 6.07) is 14.1. The number of carbonyl (C=O) groups excluding carboxylic acids is 2. The summed E-state index contributed by atoms with van der Waals surface area (Å²) in [6.07, 6.45) is 6.06. The maximum absolute atomic E-state index is 13.3. The van der Waals surface area contributed by atoms with Crippen molar-refractivity contribution in [3.05, 3.63) is 64.7 Å². The van der Waals surface area contributed by atoms with E-state index in [-0.39, 0.29) is 17.7 Å². The second kappa shape index (κ2) is 11.5. The zero-order valence-electron chi connectivity index (χ0n) is 22.0. The molecule has 5 rings (SSSR count). The molecule has 9 heteroatoms. The molecule has 0 aromatic heterocycles. The average molecular weight is 540 g/mol. The number of fused-ring (bicyclic) bond motifs is 3. The number of piperidine rings is 1. The lowest BCUT2D eigenvalue weighted by Gasteiger charge is -2.31. The number of sulfonamides is 1. The van der Waals surface area contributed by atoms with E-state index in [1.165, 1.54) is 29.0 Å². The number of nitrogens with one attached hydrogen (secondary N) is 1. The number of nitrogens with zero attached hydrogens (tertiary/aromatic N) is 2. The topological polar surface area (TPSA) is 96.0 Å². The monoisotopic (exact) mass is 539 g/mol. The highest BCUT2D eigenvalue weighted by Gasteiger charge is 2.28. The summed E-state index contributed by atoms with van der Waals surface area (Å²) >= 11 is 0. The predicted molar refractivity (Wildman–Crippen MR) is 146 cm³/mol. The third-order valence-corrected chi connectivity index (χ3v) is 9.16. The molecule has 0 unspecified atom stereocenters. The summed E-state index contributed by atoms with van der Waals surface area (Å²) in [5.41, 5.74) is 4.10. The minimum absolute atomic E-state index is 0.0130. The Morgan fingerprint density at radius 1 is 1.03 bits per heavy atom. The van der Waals surface area contributed by atoms with E-state index in [1.807, 2.05) is 30.3 Å². The maximum atomic E-state index is 13.3. The van der Waals surface area contributed by atoms with E-state index in [4.69, 9.17) is 4.74 Å². The van der Waals surface area contributed by atoms with Gasteiger partial charge in [-0.3, -0.25) is 9.59 Å². The Bertz CT molecular complexity index is 1280. The van der Waals surface area contributed by atoms with E-state index in [9.17, 15) is 18.0 Å². The fourth-order valence-corrected chi connectivity index (χ4v) is 6.32. The minimum atomic E-state index is -3.20. The van der Waals surface area contributed by atoms with Crippen LogP contribution in [-0.4, -0.2) is 75.0 Å². The number of amides is 2. The first-order chi connectivity index (χ1) is 18.3. The highest BCUT2D eigenvalue weighted by molar-refractivity contribution is 7.88. The Morgan fingerprint density at radius 3 is 2.55 bits per heavy atom. The smallest absolute Gasteiger partial charge is 0.251 e. The summed E-state index contributed by atoms with van der Waals surface area (Å²) in [4.78, 5) is 27.9. The van der Waals surface area contributed by atoms with E-state index in [1.54, 1.807) is 4.90 Å². The van der Waals surface area contributed by atoms with Gasteiger partial charge in [0.2, 0.25) is 15.9 Å². The zero-order chi connectivity index (χ0) is 26.7. The van der Waals surface area contributed by atoms with Crippen LogP contribution in [0.3, 0.4) is 0 Å². The van der Waals surface area contributed by atoms with Crippen molar-refractivity contribution in [2.75, 3.05) is 45.6 Å². The second-order valence-corrected chi connectivity index (χ2v) is 12.8. The average Bonchev–Trinajstić information content (AvgIpc) is 3.73. The molecule has 1 saturated heterocycles. The SMILES string of the molecule is CS(=O)(=O)N1CCC(CC(=O)N2CCNC(=O)c3cccc(c3)Cc3cc(C4CC4)ccc3OCC2)CC1. The van der Waals surface area contributed by atoms with Crippen molar-refractivity contribution in [2.24, 2.45) is 5.92 Å². The largest absolute Gasteiger partial charge is 0.491 e. The molecule has 0 radical (unpaired) electrons. The van der Waals surface area contributed by atoms with Crippen molar-refractivity contribution < 1.29 is 22.7 Å². The number of hydrogen-bond acceptors (Lipinski definition) is 5. The molecule has 1 aliphatic carbocycles. The van der Waals surface area contributed by atoms with E-state index in [2.05, 4.69) is 17.4 Å². The van der Waals surface area contributed by atoms with Gasteiger partial charge in [-0.1, -0.05) is 24.3 Å². The molecule has 8 nitrogen and oxygen atoms in total. The van der Waals surface area contributed by atoms with Crippen LogP contribution >= 0.6 is 0 Å². The van der Waals surface area contributed by atoms with Crippen LogP contribution in [-0.2, 0) is 21.2 Å². The van der Waals surface area contributed by atoms with Crippen molar-refractivity contribution in [3.63, 3.8) is 0 Å². The molecule has 204 valence electrons. The zero-order valence-corrected chi connectivity index (χ0v) is 22.8. The third kappa shape index (κ3) is 6.74. The Morgan fingerprint density at radius 2 is 1.82 bits per heavy atom.